The Morgan fingerprint density at radius 2 is 1.59 bits per heavy atom. The molecule has 4 nitrogen and oxygen atoms in total. The number of carbonyl (C=O) groups is 1. The van der Waals surface area contributed by atoms with Crippen LogP contribution in [0.2, 0.25) is 0 Å². The van der Waals surface area contributed by atoms with Crippen LogP contribution in [0.1, 0.15) is 29.4 Å². The first-order valence-electron chi connectivity index (χ1n) is 9.78. The van der Waals surface area contributed by atoms with Crippen molar-refractivity contribution < 1.29 is 4.79 Å². The second-order valence-corrected chi connectivity index (χ2v) is 6.93. The van der Waals surface area contributed by atoms with Crippen LogP contribution in [-0.2, 0) is 11.2 Å². The molecule has 0 aliphatic carbocycles. The van der Waals surface area contributed by atoms with Crippen LogP contribution in [0.5, 0.6) is 0 Å². The third-order valence-electron chi connectivity index (χ3n) is 4.87. The number of benzene rings is 2. The fourth-order valence-corrected chi connectivity index (χ4v) is 3.37. The fraction of sp³-hybridized carbons (Fsp3) is 0.120. The Labute approximate surface area is 170 Å². The second kappa shape index (κ2) is 9.02. The topological polar surface area (TPSA) is 57.8 Å². The summed E-state index contributed by atoms with van der Waals surface area (Å²) in [4.78, 5) is 20.5. The van der Waals surface area contributed by atoms with Crippen molar-refractivity contribution in [2.45, 2.75) is 18.9 Å². The quantitative estimate of drug-likeness (QED) is 0.478. The number of carbonyl (C=O) groups excluding carboxylic acids is 1. The van der Waals surface area contributed by atoms with E-state index in [0.717, 1.165) is 28.2 Å². The van der Waals surface area contributed by atoms with Gasteiger partial charge in [-0.15, -0.1) is 0 Å². The van der Waals surface area contributed by atoms with Crippen molar-refractivity contribution in [3.63, 3.8) is 0 Å². The molecule has 0 aliphatic heterocycles. The maximum absolute atomic E-state index is 12.7. The van der Waals surface area contributed by atoms with Gasteiger partial charge in [0.2, 0.25) is 5.91 Å². The highest BCUT2D eigenvalue weighted by Gasteiger charge is 2.17. The van der Waals surface area contributed by atoms with Gasteiger partial charge in [0.05, 0.1) is 11.7 Å². The van der Waals surface area contributed by atoms with E-state index in [1.165, 1.54) is 0 Å². The van der Waals surface area contributed by atoms with Gasteiger partial charge in [-0.1, -0.05) is 66.7 Å². The number of pyridine rings is 1. The van der Waals surface area contributed by atoms with Crippen LogP contribution in [0.4, 0.5) is 0 Å². The lowest BCUT2D eigenvalue weighted by atomic mass is 10.0. The zero-order chi connectivity index (χ0) is 19.9. The third kappa shape index (κ3) is 4.79. The minimum Gasteiger partial charge on any atom is -0.358 e. The van der Waals surface area contributed by atoms with E-state index in [4.69, 9.17) is 0 Å². The summed E-state index contributed by atoms with van der Waals surface area (Å²) in [7, 11) is 0. The van der Waals surface area contributed by atoms with Gasteiger partial charge in [0, 0.05) is 24.0 Å². The van der Waals surface area contributed by atoms with E-state index in [9.17, 15) is 4.79 Å². The highest BCUT2D eigenvalue weighted by atomic mass is 16.1. The van der Waals surface area contributed by atoms with Crippen LogP contribution in [0.15, 0.2) is 97.2 Å². The second-order valence-electron chi connectivity index (χ2n) is 6.93. The Morgan fingerprint density at radius 3 is 2.31 bits per heavy atom. The number of hydrogen-bond acceptors (Lipinski definition) is 2. The summed E-state index contributed by atoms with van der Waals surface area (Å²) < 4.78 is 0. The van der Waals surface area contributed by atoms with Crippen molar-refractivity contribution in [2.75, 3.05) is 0 Å². The van der Waals surface area contributed by atoms with Crippen LogP contribution in [0.3, 0.4) is 0 Å². The molecule has 0 saturated carbocycles. The molecule has 2 aromatic heterocycles. The smallest absolute Gasteiger partial charge is 0.221 e. The predicted molar refractivity (Wildman–Crippen MR) is 115 cm³/mol. The van der Waals surface area contributed by atoms with Gasteiger partial charge in [0.25, 0.3) is 0 Å². The first kappa shape index (κ1) is 18.7. The van der Waals surface area contributed by atoms with Gasteiger partial charge < -0.3 is 10.3 Å². The molecule has 29 heavy (non-hydrogen) atoms. The number of rotatable bonds is 7. The summed E-state index contributed by atoms with van der Waals surface area (Å²) in [6.07, 6.45) is 2.81. The number of hydrogen-bond donors (Lipinski definition) is 2. The Kier molecular flexibility index (Phi) is 5.81. The maximum atomic E-state index is 12.7. The SMILES string of the molecule is O=C(CCc1ccc(-c2ccccc2)[nH]1)NC(c1ccccc1)c1ccccn1. The van der Waals surface area contributed by atoms with Crippen molar-refractivity contribution in [1.29, 1.82) is 0 Å². The van der Waals surface area contributed by atoms with Crippen LogP contribution in [0.25, 0.3) is 11.3 Å². The van der Waals surface area contributed by atoms with E-state index >= 15 is 0 Å². The largest absolute Gasteiger partial charge is 0.358 e. The van der Waals surface area contributed by atoms with Crippen LogP contribution < -0.4 is 5.32 Å². The predicted octanol–water partition coefficient (Wildman–Crippen LogP) is 4.92. The van der Waals surface area contributed by atoms with Crippen molar-refractivity contribution in [3.05, 3.63) is 114 Å². The van der Waals surface area contributed by atoms with Crippen LogP contribution >= 0.6 is 0 Å². The number of amides is 1. The Hall–Kier alpha value is -3.66. The van der Waals surface area contributed by atoms with Crippen molar-refractivity contribution in [2.24, 2.45) is 0 Å². The van der Waals surface area contributed by atoms with E-state index in [1.807, 2.05) is 72.8 Å². The molecule has 144 valence electrons. The standard InChI is InChI=1S/C25H23N3O/c29-24(17-15-21-14-16-22(27-21)19-9-3-1-4-10-19)28-25(20-11-5-2-6-12-20)23-13-7-8-18-26-23/h1-14,16,18,25,27H,15,17H2,(H,28,29). The number of aromatic nitrogens is 2. The minimum absolute atomic E-state index is 0.000340. The van der Waals surface area contributed by atoms with Gasteiger partial charge in [-0.25, -0.2) is 0 Å². The van der Waals surface area contributed by atoms with E-state index in [1.54, 1.807) is 6.20 Å². The highest BCUT2D eigenvalue weighted by Crippen LogP contribution is 2.21. The lowest BCUT2D eigenvalue weighted by Gasteiger charge is -2.19. The van der Waals surface area contributed by atoms with Crippen LogP contribution in [-0.4, -0.2) is 15.9 Å². The molecule has 2 N–H and O–H groups in total. The minimum atomic E-state index is -0.256. The van der Waals surface area contributed by atoms with Gasteiger partial charge in [0.15, 0.2) is 0 Å². The number of aryl methyl sites for hydroxylation is 1. The van der Waals surface area contributed by atoms with E-state index < -0.39 is 0 Å². The molecular formula is C25H23N3O. The number of H-pyrrole nitrogens is 1. The molecule has 1 atom stereocenters. The van der Waals surface area contributed by atoms with Gasteiger partial charge in [-0.3, -0.25) is 9.78 Å². The molecule has 0 radical (unpaired) electrons. The van der Waals surface area contributed by atoms with Crippen molar-refractivity contribution >= 4 is 5.91 Å². The Morgan fingerprint density at radius 1 is 0.862 bits per heavy atom. The summed E-state index contributed by atoms with van der Waals surface area (Å²) >= 11 is 0. The lowest BCUT2D eigenvalue weighted by molar-refractivity contribution is -0.121. The zero-order valence-corrected chi connectivity index (χ0v) is 16.1. The highest BCUT2D eigenvalue weighted by molar-refractivity contribution is 5.77. The van der Waals surface area contributed by atoms with E-state index in [2.05, 4.69) is 33.5 Å². The molecule has 0 saturated heterocycles. The molecule has 0 fully saturated rings. The molecule has 0 bridgehead atoms. The van der Waals surface area contributed by atoms with Crippen molar-refractivity contribution in [1.82, 2.24) is 15.3 Å². The van der Waals surface area contributed by atoms with E-state index in [-0.39, 0.29) is 11.9 Å². The van der Waals surface area contributed by atoms with Crippen molar-refractivity contribution in [3.8, 4) is 11.3 Å². The zero-order valence-electron chi connectivity index (χ0n) is 16.1. The lowest BCUT2D eigenvalue weighted by Crippen LogP contribution is -2.30. The average molecular weight is 381 g/mol. The Balaban J connectivity index is 1.42. The van der Waals surface area contributed by atoms with E-state index in [0.29, 0.717) is 12.8 Å². The van der Waals surface area contributed by atoms with Gasteiger partial charge in [-0.2, -0.15) is 0 Å². The maximum Gasteiger partial charge on any atom is 0.221 e. The summed E-state index contributed by atoms with van der Waals surface area (Å²) in [5.74, 6) is 0.000340. The average Bonchev–Trinajstić information content (AvgIpc) is 3.27. The first-order chi connectivity index (χ1) is 14.3. The molecule has 4 rings (SSSR count). The normalized spacial score (nSPS) is 11.7. The van der Waals surface area contributed by atoms with Gasteiger partial charge in [0.1, 0.15) is 0 Å². The van der Waals surface area contributed by atoms with Gasteiger partial charge >= 0.3 is 0 Å². The Bertz CT molecular complexity index is 1000. The molecule has 1 unspecified atom stereocenters. The molecule has 4 aromatic rings. The molecular weight excluding hydrogens is 358 g/mol. The molecule has 4 heteroatoms. The van der Waals surface area contributed by atoms with Crippen LogP contribution in [0, 0.1) is 0 Å². The summed E-state index contributed by atoms with van der Waals surface area (Å²) in [6, 6.07) is 29.7. The molecule has 2 aromatic carbocycles. The molecule has 0 spiro atoms. The first-order valence-corrected chi connectivity index (χ1v) is 9.78. The molecule has 1 amide bonds. The number of nitrogens with one attached hydrogen (secondary N) is 2. The fourth-order valence-electron chi connectivity index (χ4n) is 3.37. The van der Waals surface area contributed by atoms with Gasteiger partial charge in [-0.05, 0) is 41.8 Å². The summed E-state index contributed by atoms with van der Waals surface area (Å²) in [5, 5.41) is 3.14. The number of aromatic amines is 1. The molecule has 0 aliphatic rings. The monoisotopic (exact) mass is 381 g/mol. The summed E-state index contributed by atoms with van der Waals surface area (Å²) in [5.41, 5.74) is 5.11. The molecule has 2 heterocycles. The number of nitrogens with zero attached hydrogens (tertiary/aromatic N) is 1. The third-order valence-corrected chi connectivity index (χ3v) is 4.87. The summed E-state index contributed by atoms with van der Waals surface area (Å²) in [6.45, 7) is 0.